The van der Waals surface area contributed by atoms with Crippen LogP contribution in [-0.4, -0.2) is 18.9 Å². The first kappa shape index (κ1) is 14.8. The summed E-state index contributed by atoms with van der Waals surface area (Å²) >= 11 is 0. The fourth-order valence-corrected chi connectivity index (χ4v) is 1.90. The maximum Gasteiger partial charge on any atom is 0.337 e. The Balaban J connectivity index is 1.96. The van der Waals surface area contributed by atoms with Crippen molar-refractivity contribution in [3.8, 4) is 0 Å². The third-order valence-electron chi connectivity index (χ3n) is 3.16. The van der Waals surface area contributed by atoms with Crippen molar-refractivity contribution in [2.24, 2.45) is 0 Å². The van der Waals surface area contributed by atoms with Gasteiger partial charge < -0.3 is 10.1 Å². The summed E-state index contributed by atoms with van der Waals surface area (Å²) in [5, 5.41) is 3.26. The van der Waals surface area contributed by atoms with Crippen molar-refractivity contribution in [3.05, 3.63) is 65.2 Å². The molecule has 0 aliphatic carbocycles. The molecule has 2 rings (SSSR count). The number of ketones is 1. The van der Waals surface area contributed by atoms with Gasteiger partial charge in [0.15, 0.2) is 5.78 Å². The molecule has 1 N–H and O–H groups in total. The minimum absolute atomic E-state index is 0.0555. The zero-order valence-corrected chi connectivity index (χ0v) is 12.1. The van der Waals surface area contributed by atoms with E-state index in [0.717, 1.165) is 11.3 Å². The largest absolute Gasteiger partial charge is 0.465 e. The molecule has 108 valence electrons. The summed E-state index contributed by atoms with van der Waals surface area (Å²) < 4.78 is 4.65. The van der Waals surface area contributed by atoms with Gasteiger partial charge in [-0.05, 0) is 48.9 Å². The highest BCUT2D eigenvalue weighted by Crippen LogP contribution is 2.12. The van der Waals surface area contributed by atoms with Gasteiger partial charge in [-0.2, -0.15) is 0 Å². The lowest BCUT2D eigenvalue weighted by Crippen LogP contribution is -2.03. The average Bonchev–Trinajstić information content (AvgIpc) is 2.53. The summed E-state index contributed by atoms with van der Waals surface area (Å²) in [5.74, 6) is -0.283. The summed E-state index contributed by atoms with van der Waals surface area (Å²) in [5.41, 5.74) is 3.23. The Labute approximate surface area is 123 Å². The van der Waals surface area contributed by atoms with E-state index in [0.29, 0.717) is 17.7 Å². The molecule has 4 nitrogen and oxygen atoms in total. The van der Waals surface area contributed by atoms with Crippen molar-refractivity contribution in [1.82, 2.24) is 0 Å². The molecule has 0 atom stereocenters. The number of rotatable bonds is 5. The molecule has 0 heterocycles. The van der Waals surface area contributed by atoms with Gasteiger partial charge in [-0.3, -0.25) is 4.79 Å². The van der Waals surface area contributed by atoms with Gasteiger partial charge in [0.05, 0.1) is 12.7 Å². The van der Waals surface area contributed by atoms with Gasteiger partial charge in [-0.1, -0.05) is 12.1 Å². The first-order valence-electron chi connectivity index (χ1n) is 6.62. The molecule has 2 aromatic rings. The Bertz CT molecular complexity index is 630. The lowest BCUT2D eigenvalue weighted by molar-refractivity contribution is 0.0600. The number of anilines is 1. The van der Waals surface area contributed by atoms with Crippen LogP contribution in [0.15, 0.2) is 48.5 Å². The third-order valence-corrected chi connectivity index (χ3v) is 3.16. The molecule has 0 saturated heterocycles. The molecule has 0 spiro atoms. The summed E-state index contributed by atoms with van der Waals surface area (Å²) in [6.45, 7) is 2.19. The molecule has 0 fully saturated rings. The third kappa shape index (κ3) is 3.92. The Morgan fingerprint density at radius 2 is 1.52 bits per heavy atom. The fraction of sp³-hybridized carbons (Fsp3) is 0.176. The van der Waals surface area contributed by atoms with E-state index in [-0.39, 0.29) is 11.8 Å². The molecular weight excluding hydrogens is 266 g/mol. The van der Waals surface area contributed by atoms with Gasteiger partial charge in [0.2, 0.25) is 0 Å². The molecule has 0 amide bonds. The highest BCUT2D eigenvalue weighted by atomic mass is 16.5. The Morgan fingerprint density at radius 1 is 0.952 bits per heavy atom. The first-order valence-corrected chi connectivity index (χ1v) is 6.62. The number of Topliss-reactive ketones (excluding diaryl/α,β-unsaturated/α-hetero) is 1. The fourth-order valence-electron chi connectivity index (χ4n) is 1.90. The minimum atomic E-state index is -0.339. The number of hydrogen-bond acceptors (Lipinski definition) is 4. The van der Waals surface area contributed by atoms with E-state index in [9.17, 15) is 9.59 Å². The number of esters is 1. The van der Waals surface area contributed by atoms with E-state index in [1.54, 1.807) is 31.2 Å². The van der Waals surface area contributed by atoms with Crippen molar-refractivity contribution >= 4 is 17.4 Å². The molecule has 0 saturated carbocycles. The van der Waals surface area contributed by atoms with Gasteiger partial charge in [0.25, 0.3) is 0 Å². The summed E-state index contributed by atoms with van der Waals surface area (Å²) in [4.78, 5) is 22.5. The van der Waals surface area contributed by atoms with E-state index >= 15 is 0 Å². The van der Waals surface area contributed by atoms with Crippen LogP contribution in [0.3, 0.4) is 0 Å². The van der Waals surface area contributed by atoms with E-state index < -0.39 is 0 Å². The minimum Gasteiger partial charge on any atom is -0.465 e. The number of carbonyl (C=O) groups is 2. The maximum atomic E-state index is 11.3. The second-order valence-electron chi connectivity index (χ2n) is 4.68. The standard InChI is InChI=1S/C17H17NO3/c1-12(19)14-7-9-16(10-8-14)18-11-13-3-5-15(6-4-13)17(20)21-2/h3-10,18H,11H2,1-2H3. The second kappa shape index (κ2) is 6.70. The number of nitrogens with one attached hydrogen (secondary N) is 1. The zero-order chi connectivity index (χ0) is 15.2. The zero-order valence-electron chi connectivity index (χ0n) is 12.1. The molecule has 0 radical (unpaired) electrons. The topological polar surface area (TPSA) is 55.4 Å². The highest BCUT2D eigenvalue weighted by molar-refractivity contribution is 5.94. The highest BCUT2D eigenvalue weighted by Gasteiger charge is 2.04. The van der Waals surface area contributed by atoms with Crippen LogP contribution in [0.2, 0.25) is 0 Å². The number of ether oxygens (including phenoxy) is 1. The quantitative estimate of drug-likeness (QED) is 0.676. The van der Waals surface area contributed by atoms with E-state index in [4.69, 9.17) is 0 Å². The Hall–Kier alpha value is -2.62. The van der Waals surface area contributed by atoms with E-state index in [1.807, 2.05) is 24.3 Å². The molecule has 0 aliphatic heterocycles. The molecule has 2 aromatic carbocycles. The van der Waals surface area contributed by atoms with Crippen molar-refractivity contribution in [3.63, 3.8) is 0 Å². The van der Waals surface area contributed by atoms with Crippen LogP contribution in [0.1, 0.15) is 33.2 Å². The second-order valence-corrected chi connectivity index (χ2v) is 4.68. The van der Waals surface area contributed by atoms with Crippen LogP contribution >= 0.6 is 0 Å². The van der Waals surface area contributed by atoms with Gasteiger partial charge in [0, 0.05) is 17.8 Å². The maximum absolute atomic E-state index is 11.3. The van der Waals surface area contributed by atoms with Gasteiger partial charge in [0.1, 0.15) is 0 Å². The number of carbonyl (C=O) groups excluding carboxylic acids is 2. The lowest BCUT2D eigenvalue weighted by Gasteiger charge is -2.07. The van der Waals surface area contributed by atoms with Crippen LogP contribution in [0.4, 0.5) is 5.69 Å². The van der Waals surface area contributed by atoms with Gasteiger partial charge in [-0.15, -0.1) is 0 Å². The number of hydrogen-bond donors (Lipinski definition) is 1. The van der Waals surface area contributed by atoms with Gasteiger partial charge >= 0.3 is 5.97 Å². The Kier molecular flexibility index (Phi) is 4.72. The van der Waals surface area contributed by atoms with E-state index in [1.165, 1.54) is 7.11 Å². The van der Waals surface area contributed by atoms with Crippen molar-refractivity contribution in [2.45, 2.75) is 13.5 Å². The van der Waals surface area contributed by atoms with Gasteiger partial charge in [-0.25, -0.2) is 4.79 Å². The molecule has 0 aromatic heterocycles. The van der Waals surface area contributed by atoms with Crippen LogP contribution in [0, 0.1) is 0 Å². The molecule has 0 bridgehead atoms. The molecule has 0 aliphatic rings. The first-order chi connectivity index (χ1) is 10.1. The lowest BCUT2D eigenvalue weighted by atomic mass is 10.1. The van der Waals surface area contributed by atoms with Crippen LogP contribution in [0.5, 0.6) is 0 Å². The predicted octanol–water partition coefficient (Wildman–Crippen LogP) is 3.29. The summed E-state index contributed by atoms with van der Waals surface area (Å²) in [6, 6.07) is 14.6. The molecule has 4 heteroatoms. The smallest absolute Gasteiger partial charge is 0.337 e. The number of methoxy groups -OCH3 is 1. The van der Waals surface area contributed by atoms with E-state index in [2.05, 4.69) is 10.1 Å². The van der Waals surface area contributed by atoms with Crippen LogP contribution in [-0.2, 0) is 11.3 Å². The van der Waals surface area contributed by atoms with Crippen molar-refractivity contribution in [1.29, 1.82) is 0 Å². The normalized spacial score (nSPS) is 10.0. The molecular formula is C17H17NO3. The molecule has 0 unspecified atom stereocenters. The SMILES string of the molecule is COC(=O)c1ccc(CNc2ccc(C(C)=O)cc2)cc1. The number of benzene rings is 2. The Morgan fingerprint density at radius 3 is 2.05 bits per heavy atom. The van der Waals surface area contributed by atoms with Crippen molar-refractivity contribution in [2.75, 3.05) is 12.4 Å². The van der Waals surface area contributed by atoms with Crippen LogP contribution in [0.25, 0.3) is 0 Å². The summed E-state index contributed by atoms with van der Waals surface area (Å²) in [7, 11) is 1.36. The monoisotopic (exact) mass is 283 g/mol. The molecule has 21 heavy (non-hydrogen) atoms. The average molecular weight is 283 g/mol. The summed E-state index contributed by atoms with van der Waals surface area (Å²) in [6.07, 6.45) is 0. The van der Waals surface area contributed by atoms with Crippen molar-refractivity contribution < 1.29 is 14.3 Å². The predicted molar refractivity (Wildman–Crippen MR) is 81.6 cm³/mol. The van der Waals surface area contributed by atoms with Crippen LogP contribution < -0.4 is 5.32 Å².